The molecular formula is C10H10Br2O4S2. The molecule has 0 aromatic heterocycles. The molecule has 2 rings (SSSR count). The Kier molecular flexibility index (Phi) is 3.93. The highest BCUT2D eigenvalue weighted by atomic mass is 79.9. The maximum absolute atomic E-state index is 12.4. The second-order valence-corrected chi connectivity index (χ2v) is 11.0. The summed E-state index contributed by atoms with van der Waals surface area (Å²) >= 11 is 6.20. The van der Waals surface area contributed by atoms with Crippen LogP contribution in [0.1, 0.15) is 0 Å². The minimum Gasteiger partial charge on any atom is -0.228 e. The van der Waals surface area contributed by atoms with E-state index in [9.17, 15) is 16.8 Å². The van der Waals surface area contributed by atoms with Crippen LogP contribution in [-0.4, -0.2) is 36.8 Å². The highest BCUT2D eigenvalue weighted by molar-refractivity contribution is 9.13. The lowest BCUT2D eigenvalue weighted by molar-refractivity contribution is 0.583. The minimum atomic E-state index is -3.65. The molecule has 3 unspecified atom stereocenters. The summed E-state index contributed by atoms with van der Waals surface area (Å²) in [5.41, 5.74) is 0. The van der Waals surface area contributed by atoms with E-state index in [0.29, 0.717) is 0 Å². The zero-order valence-electron chi connectivity index (χ0n) is 9.03. The van der Waals surface area contributed by atoms with Crippen LogP contribution in [0.15, 0.2) is 35.2 Å². The van der Waals surface area contributed by atoms with Gasteiger partial charge in [-0.1, -0.05) is 50.1 Å². The van der Waals surface area contributed by atoms with E-state index in [4.69, 9.17) is 0 Å². The number of rotatable bonds is 2. The van der Waals surface area contributed by atoms with Crippen molar-refractivity contribution in [3.05, 3.63) is 30.3 Å². The maximum Gasteiger partial charge on any atom is 0.183 e. The van der Waals surface area contributed by atoms with Gasteiger partial charge in [0.05, 0.1) is 20.7 Å². The fraction of sp³-hybridized carbons (Fsp3) is 0.400. The second-order valence-electron chi connectivity index (χ2n) is 4.02. The van der Waals surface area contributed by atoms with Crippen molar-refractivity contribution in [1.29, 1.82) is 0 Å². The van der Waals surface area contributed by atoms with Crippen molar-refractivity contribution in [2.75, 3.05) is 5.75 Å². The molecule has 1 saturated heterocycles. The maximum atomic E-state index is 12.4. The Bertz CT molecular complexity index is 640. The molecule has 1 aromatic carbocycles. The van der Waals surface area contributed by atoms with E-state index >= 15 is 0 Å². The van der Waals surface area contributed by atoms with Crippen LogP contribution >= 0.6 is 31.9 Å². The Morgan fingerprint density at radius 2 is 1.67 bits per heavy atom. The van der Waals surface area contributed by atoms with Crippen molar-refractivity contribution in [3.63, 3.8) is 0 Å². The number of halogens is 2. The Hall–Kier alpha value is 0.0800. The SMILES string of the molecule is O=S1(=O)CC(S(=O)(=O)c2ccccc2)C(Br)C1Br. The van der Waals surface area contributed by atoms with Crippen LogP contribution in [0.3, 0.4) is 0 Å². The normalized spacial score (nSPS) is 31.3. The van der Waals surface area contributed by atoms with Crippen LogP contribution in [0.4, 0.5) is 0 Å². The average Bonchev–Trinajstić information content (AvgIpc) is 2.55. The fourth-order valence-corrected chi connectivity index (χ4v) is 9.33. The van der Waals surface area contributed by atoms with Crippen molar-refractivity contribution in [3.8, 4) is 0 Å². The Labute approximate surface area is 123 Å². The number of benzene rings is 1. The largest absolute Gasteiger partial charge is 0.228 e. The first-order valence-corrected chi connectivity index (χ1v) is 10.1. The van der Waals surface area contributed by atoms with Crippen molar-refractivity contribution in [1.82, 2.24) is 0 Å². The fourth-order valence-electron chi connectivity index (χ4n) is 1.83. The lowest BCUT2D eigenvalue weighted by atomic mass is 10.4. The van der Waals surface area contributed by atoms with Gasteiger partial charge in [0.1, 0.15) is 4.16 Å². The Morgan fingerprint density at radius 1 is 1.11 bits per heavy atom. The lowest BCUT2D eigenvalue weighted by Crippen LogP contribution is -2.30. The minimum absolute atomic E-state index is 0.149. The molecule has 0 bridgehead atoms. The molecule has 1 aliphatic rings. The first-order valence-electron chi connectivity index (χ1n) is 5.05. The number of hydrogen-bond acceptors (Lipinski definition) is 4. The highest BCUT2D eigenvalue weighted by Crippen LogP contribution is 2.37. The molecule has 0 spiro atoms. The van der Waals surface area contributed by atoms with Gasteiger partial charge in [0.2, 0.25) is 0 Å². The van der Waals surface area contributed by atoms with E-state index < -0.39 is 33.9 Å². The molecular weight excluding hydrogens is 408 g/mol. The molecule has 0 radical (unpaired) electrons. The van der Waals surface area contributed by atoms with Crippen molar-refractivity contribution in [2.45, 2.75) is 19.1 Å². The molecule has 0 amide bonds. The third kappa shape index (κ3) is 2.39. The summed E-state index contributed by atoms with van der Waals surface area (Å²) in [5, 5.41) is -0.964. The third-order valence-electron chi connectivity index (χ3n) is 2.82. The van der Waals surface area contributed by atoms with E-state index in [1.807, 2.05) is 0 Å². The first kappa shape index (κ1) is 14.5. The zero-order chi connectivity index (χ0) is 13.6. The van der Waals surface area contributed by atoms with Crippen molar-refractivity contribution >= 4 is 51.5 Å². The van der Waals surface area contributed by atoms with Gasteiger partial charge in [-0.05, 0) is 12.1 Å². The van der Waals surface area contributed by atoms with Gasteiger partial charge in [-0.2, -0.15) is 0 Å². The molecule has 100 valence electrons. The molecule has 1 aliphatic heterocycles. The molecule has 4 nitrogen and oxygen atoms in total. The van der Waals surface area contributed by atoms with Gasteiger partial charge >= 0.3 is 0 Å². The van der Waals surface area contributed by atoms with E-state index in [2.05, 4.69) is 31.9 Å². The Balaban J connectivity index is 2.46. The van der Waals surface area contributed by atoms with Crippen LogP contribution in [0.2, 0.25) is 0 Å². The molecule has 1 fully saturated rings. The molecule has 3 atom stereocenters. The van der Waals surface area contributed by atoms with E-state index in [1.54, 1.807) is 18.2 Å². The van der Waals surface area contributed by atoms with Crippen LogP contribution in [0.5, 0.6) is 0 Å². The van der Waals surface area contributed by atoms with Crippen LogP contribution in [0, 0.1) is 0 Å². The van der Waals surface area contributed by atoms with E-state index in [1.165, 1.54) is 12.1 Å². The monoisotopic (exact) mass is 416 g/mol. The second kappa shape index (κ2) is 4.88. The van der Waals surface area contributed by atoms with E-state index in [-0.39, 0.29) is 10.6 Å². The summed E-state index contributed by atoms with van der Waals surface area (Å²) in [7, 11) is -7.07. The predicted molar refractivity (Wildman–Crippen MR) is 76.6 cm³/mol. The highest BCUT2D eigenvalue weighted by Gasteiger charge is 2.50. The van der Waals surface area contributed by atoms with Crippen molar-refractivity contribution < 1.29 is 16.8 Å². The van der Waals surface area contributed by atoms with E-state index in [0.717, 1.165) is 0 Å². The summed E-state index contributed by atoms with van der Waals surface area (Å²) in [6.45, 7) is 0. The first-order chi connectivity index (χ1) is 8.27. The lowest BCUT2D eigenvalue weighted by Gasteiger charge is -2.14. The molecule has 8 heteroatoms. The molecule has 18 heavy (non-hydrogen) atoms. The van der Waals surface area contributed by atoms with Gasteiger partial charge in [-0.25, -0.2) is 16.8 Å². The molecule has 0 N–H and O–H groups in total. The predicted octanol–water partition coefficient (Wildman–Crippen LogP) is 1.74. The van der Waals surface area contributed by atoms with Gasteiger partial charge in [0, 0.05) is 0 Å². The zero-order valence-corrected chi connectivity index (χ0v) is 13.8. The smallest absolute Gasteiger partial charge is 0.183 e. The summed E-state index contributed by atoms with van der Waals surface area (Å²) in [4.78, 5) is -0.496. The van der Waals surface area contributed by atoms with Gasteiger partial charge in [-0.3, -0.25) is 0 Å². The standard InChI is InChI=1S/C10H10Br2O4S2/c11-9-8(6-17(13,14)10(9)12)18(15,16)7-4-2-1-3-5-7/h1-5,8-10H,6H2. The molecule has 1 aromatic rings. The van der Waals surface area contributed by atoms with Gasteiger partial charge < -0.3 is 0 Å². The number of alkyl halides is 2. The third-order valence-corrected chi connectivity index (χ3v) is 11.9. The van der Waals surface area contributed by atoms with Gasteiger partial charge in [0.15, 0.2) is 19.7 Å². The summed E-state index contributed by atoms with van der Waals surface area (Å²) in [6, 6.07) is 7.89. The van der Waals surface area contributed by atoms with Crippen LogP contribution in [-0.2, 0) is 19.7 Å². The van der Waals surface area contributed by atoms with Crippen LogP contribution in [0.25, 0.3) is 0 Å². The topological polar surface area (TPSA) is 68.3 Å². The number of hydrogen-bond donors (Lipinski definition) is 0. The molecule has 1 heterocycles. The number of sulfone groups is 2. The van der Waals surface area contributed by atoms with Gasteiger partial charge in [-0.15, -0.1) is 0 Å². The molecule has 0 aliphatic carbocycles. The quantitative estimate of drug-likeness (QED) is 0.687. The van der Waals surface area contributed by atoms with Crippen molar-refractivity contribution in [2.24, 2.45) is 0 Å². The average molecular weight is 418 g/mol. The Morgan fingerprint density at radius 3 is 2.11 bits per heavy atom. The van der Waals surface area contributed by atoms with Crippen LogP contribution < -0.4 is 0 Å². The molecule has 0 saturated carbocycles. The summed E-state index contributed by atoms with van der Waals surface area (Å²) in [6.07, 6.45) is 0. The van der Waals surface area contributed by atoms with Gasteiger partial charge in [0.25, 0.3) is 0 Å². The summed E-state index contributed by atoms with van der Waals surface area (Å²) in [5.74, 6) is -0.365. The summed E-state index contributed by atoms with van der Waals surface area (Å²) < 4.78 is 47.3.